The van der Waals surface area contributed by atoms with Gasteiger partial charge in [-0.1, -0.05) is 36.2 Å². The van der Waals surface area contributed by atoms with Crippen LogP contribution in [0, 0.1) is 5.41 Å². The summed E-state index contributed by atoms with van der Waals surface area (Å²) in [6.07, 6.45) is 1.05. The van der Waals surface area contributed by atoms with Gasteiger partial charge < -0.3 is 10.1 Å². The number of benzene rings is 1. The van der Waals surface area contributed by atoms with Crippen molar-refractivity contribution in [3.63, 3.8) is 0 Å². The molecular formula is C14H17Cl2NO2. The van der Waals surface area contributed by atoms with Crippen molar-refractivity contribution in [3.05, 3.63) is 33.8 Å². The number of amides is 1. The molecule has 0 aromatic heterocycles. The lowest BCUT2D eigenvalue weighted by Gasteiger charge is -2.38. The Morgan fingerprint density at radius 3 is 2.74 bits per heavy atom. The Bertz CT molecular complexity index is 473. The molecule has 1 aliphatic rings. The minimum Gasteiger partial charge on any atom is -0.380 e. The second kappa shape index (κ2) is 6.12. The summed E-state index contributed by atoms with van der Waals surface area (Å²) < 4.78 is 5.15. The van der Waals surface area contributed by atoms with E-state index in [1.54, 1.807) is 12.1 Å². The molecule has 3 nitrogen and oxygen atoms in total. The summed E-state index contributed by atoms with van der Waals surface area (Å²) in [5.74, 6) is 0.0409. The second-order valence-electron chi connectivity index (χ2n) is 5.32. The van der Waals surface area contributed by atoms with Crippen LogP contribution in [0.15, 0.2) is 18.2 Å². The number of aryl methyl sites for hydroxylation is 1. The third-order valence-electron chi connectivity index (χ3n) is 3.25. The number of rotatable bonds is 5. The summed E-state index contributed by atoms with van der Waals surface area (Å²) in [6, 6.07) is 5.34. The average Bonchev–Trinajstić information content (AvgIpc) is 2.33. The van der Waals surface area contributed by atoms with Gasteiger partial charge in [-0.05, 0) is 24.1 Å². The quantitative estimate of drug-likeness (QED) is 0.907. The molecule has 0 spiro atoms. The van der Waals surface area contributed by atoms with Crippen molar-refractivity contribution in [2.75, 3.05) is 19.8 Å². The number of halogens is 2. The SMILES string of the molecule is CC1(CNC(=O)CCc2ccc(Cl)cc2Cl)COC1. The molecule has 0 aliphatic carbocycles. The lowest BCUT2D eigenvalue weighted by Crippen LogP contribution is -2.48. The van der Waals surface area contributed by atoms with Crippen LogP contribution in [0.1, 0.15) is 18.9 Å². The van der Waals surface area contributed by atoms with E-state index < -0.39 is 0 Å². The Kier molecular flexibility index (Phi) is 4.71. The number of ether oxygens (including phenoxy) is 1. The van der Waals surface area contributed by atoms with Crippen LogP contribution in [0.4, 0.5) is 0 Å². The third-order valence-corrected chi connectivity index (χ3v) is 3.84. The Labute approximate surface area is 123 Å². The minimum absolute atomic E-state index is 0.0409. The fourth-order valence-electron chi connectivity index (χ4n) is 1.93. The van der Waals surface area contributed by atoms with Crippen molar-refractivity contribution in [2.24, 2.45) is 5.41 Å². The van der Waals surface area contributed by atoms with Gasteiger partial charge in [-0.15, -0.1) is 0 Å². The first-order valence-corrected chi connectivity index (χ1v) is 7.02. The van der Waals surface area contributed by atoms with Crippen LogP contribution in [0.2, 0.25) is 10.0 Å². The topological polar surface area (TPSA) is 38.3 Å². The van der Waals surface area contributed by atoms with Crippen LogP contribution < -0.4 is 5.32 Å². The maximum absolute atomic E-state index is 11.8. The molecule has 0 bridgehead atoms. The van der Waals surface area contributed by atoms with Gasteiger partial charge in [-0.25, -0.2) is 0 Å². The molecule has 1 amide bonds. The molecule has 2 rings (SSSR count). The Balaban J connectivity index is 1.76. The van der Waals surface area contributed by atoms with Crippen LogP contribution in [0.25, 0.3) is 0 Å². The normalized spacial score (nSPS) is 16.8. The van der Waals surface area contributed by atoms with E-state index in [-0.39, 0.29) is 11.3 Å². The van der Waals surface area contributed by atoms with Gasteiger partial charge in [0.05, 0.1) is 13.2 Å². The standard InChI is InChI=1S/C14H17Cl2NO2/c1-14(8-19-9-14)7-17-13(18)5-3-10-2-4-11(15)6-12(10)16/h2,4,6H,3,5,7-9H2,1H3,(H,17,18). The monoisotopic (exact) mass is 301 g/mol. The molecule has 19 heavy (non-hydrogen) atoms. The predicted molar refractivity (Wildman–Crippen MR) is 76.7 cm³/mol. The van der Waals surface area contributed by atoms with E-state index >= 15 is 0 Å². The summed E-state index contributed by atoms with van der Waals surface area (Å²) in [6.45, 7) is 4.21. The number of carbonyl (C=O) groups is 1. The Morgan fingerprint density at radius 1 is 1.42 bits per heavy atom. The smallest absolute Gasteiger partial charge is 0.220 e. The first-order chi connectivity index (χ1) is 8.98. The number of carbonyl (C=O) groups excluding carboxylic acids is 1. The zero-order valence-corrected chi connectivity index (χ0v) is 12.4. The summed E-state index contributed by atoms with van der Waals surface area (Å²) in [5.41, 5.74) is 1.05. The summed E-state index contributed by atoms with van der Waals surface area (Å²) in [5, 5.41) is 4.16. The largest absolute Gasteiger partial charge is 0.380 e. The minimum atomic E-state index is 0.0409. The first-order valence-electron chi connectivity index (χ1n) is 6.27. The van der Waals surface area contributed by atoms with Crippen molar-refractivity contribution >= 4 is 29.1 Å². The number of hydrogen-bond acceptors (Lipinski definition) is 2. The molecule has 1 aliphatic heterocycles. The van der Waals surface area contributed by atoms with Gasteiger partial charge in [-0.2, -0.15) is 0 Å². The Hall–Kier alpha value is -0.770. The molecule has 5 heteroatoms. The van der Waals surface area contributed by atoms with Crippen molar-refractivity contribution in [1.82, 2.24) is 5.32 Å². The van der Waals surface area contributed by atoms with Crippen molar-refractivity contribution < 1.29 is 9.53 Å². The molecule has 1 saturated heterocycles. The molecule has 1 aromatic carbocycles. The average molecular weight is 302 g/mol. The van der Waals surface area contributed by atoms with Gasteiger partial charge in [0, 0.05) is 28.4 Å². The van der Waals surface area contributed by atoms with Crippen LogP contribution in [0.5, 0.6) is 0 Å². The summed E-state index contributed by atoms with van der Waals surface area (Å²) >= 11 is 11.9. The van der Waals surface area contributed by atoms with Gasteiger partial charge in [0.25, 0.3) is 0 Å². The van der Waals surface area contributed by atoms with Crippen LogP contribution >= 0.6 is 23.2 Å². The van der Waals surface area contributed by atoms with Gasteiger partial charge in [-0.3, -0.25) is 4.79 Å². The summed E-state index contributed by atoms with van der Waals surface area (Å²) in [4.78, 5) is 11.8. The van der Waals surface area contributed by atoms with E-state index in [0.717, 1.165) is 18.8 Å². The van der Waals surface area contributed by atoms with Gasteiger partial charge in [0.2, 0.25) is 5.91 Å². The molecule has 0 unspecified atom stereocenters. The Morgan fingerprint density at radius 2 is 2.16 bits per heavy atom. The molecule has 0 saturated carbocycles. The number of nitrogens with one attached hydrogen (secondary N) is 1. The van der Waals surface area contributed by atoms with E-state index in [0.29, 0.717) is 29.4 Å². The zero-order chi connectivity index (χ0) is 13.9. The van der Waals surface area contributed by atoms with Crippen molar-refractivity contribution in [1.29, 1.82) is 0 Å². The lowest BCUT2D eigenvalue weighted by molar-refractivity contribution is -0.126. The molecule has 0 radical (unpaired) electrons. The first kappa shape index (κ1) is 14.6. The molecule has 1 fully saturated rings. The van der Waals surface area contributed by atoms with Gasteiger partial charge >= 0.3 is 0 Å². The highest BCUT2D eigenvalue weighted by atomic mass is 35.5. The highest BCUT2D eigenvalue weighted by Crippen LogP contribution is 2.25. The van der Waals surface area contributed by atoms with Crippen LogP contribution in [-0.2, 0) is 16.0 Å². The van der Waals surface area contributed by atoms with Gasteiger partial charge in [0.1, 0.15) is 0 Å². The van der Waals surface area contributed by atoms with E-state index in [9.17, 15) is 4.79 Å². The molecule has 1 heterocycles. The zero-order valence-electron chi connectivity index (χ0n) is 10.8. The van der Waals surface area contributed by atoms with Crippen LogP contribution in [-0.4, -0.2) is 25.7 Å². The molecular weight excluding hydrogens is 285 g/mol. The predicted octanol–water partition coefficient (Wildman–Crippen LogP) is 3.08. The van der Waals surface area contributed by atoms with E-state index in [1.807, 2.05) is 6.07 Å². The second-order valence-corrected chi connectivity index (χ2v) is 6.16. The lowest BCUT2D eigenvalue weighted by atomic mass is 9.89. The highest BCUT2D eigenvalue weighted by molar-refractivity contribution is 6.35. The summed E-state index contributed by atoms with van der Waals surface area (Å²) in [7, 11) is 0. The van der Waals surface area contributed by atoms with E-state index in [2.05, 4.69) is 12.2 Å². The van der Waals surface area contributed by atoms with Crippen molar-refractivity contribution in [3.8, 4) is 0 Å². The maximum atomic E-state index is 11.8. The van der Waals surface area contributed by atoms with E-state index in [4.69, 9.17) is 27.9 Å². The molecule has 1 N–H and O–H groups in total. The molecule has 104 valence electrons. The fourth-order valence-corrected chi connectivity index (χ4v) is 2.43. The van der Waals surface area contributed by atoms with Crippen molar-refractivity contribution in [2.45, 2.75) is 19.8 Å². The maximum Gasteiger partial charge on any atom is 0.220 e. The molecule has 1 aromatic rings. The molecule has 0 atom stereocenters. The van der Waals surface area contributed by atoms with Gasteiger partial charge in [0.15, 0.2) is 0 Å². The van der Waals surface area contributed by atoms with Crippen LogP contribution in [0.3, 0.4) is 0 Å². The highest BCUT2D eigenvalue weighted by Gasteiger charge is 2.33. The number of hydrogen-bond donors (Lipinski definition) is 1. The fraction of sp³-hybridized carbons (Fsp3) is 0.500. The van der Waals surface area contributed by atoms with E-state index in [1.165, 1.54) is 0 Å². The third kappa shape index (κ3) is 4.10.